The van der Waals surface area contributed by atoms with Crippen LogP contribution in [-0.4, -0.2) is 53.2 Å². The number of aromatic nitrogens is 1. The molecule has 0 radical (unpaired) electrons. The predicted octanol–water partition coefficient (Wildman–Crippen LogP) is 0.512. The van der Waals surface area contributed by atoms with Crippen molar-refractivity contribution < 1.29 is 9.90 Å². The number of aliphatic hydroxyl groups is 1. The van der Waals surface area contributed by atoms with Gasteiger partial charge in [-0.25, -0.2) is 0 Å². The molecule has 5 nitrogen and oxygen atoms in total. The Hall–Kier alpha value is -1.46. The van der Waals surface area contributed by atoms with Crippen LogP contribution in [0, 0.1) is 5.41 Å². The Morgan fingerprint density at radius 3 is 2.89 bits per heavy atom. The van der Waals surface area contributed by atoms with Gasteiger partial charge in [-0.2, -0.15) is 0 Å². The van der Waals surface area contributed by atoms with E-state index in [1.54, 1.807) is 24.4 Å². The standard InChI is InChI=1S/C14H21N3O2/c1-14(2)9-17(3)8-11(12(14)18)16-13(19)10-6-4-5-7-15-10/h4-7,11-12,18H,8-9H2,1-3H3,(H,16,19). The molecular formula is C14H21N3O2. The van der Waals surface area contributed by atoms with Gasteiger partial charge in [0.05, 0.1) is 12.1 Å². The molecule has 5 heteroatoms. The average molecular weight is 263 g/mol. The number of carbonyl (C=O) groups is 1. The summed E-state index contributed by atoms with van der Waals surface area (Å²) < 4.78 is 0. The fourth-order valence-corrected chi connectivity index (χ4v) is 2.70. The first kappa shape index (κ1) is 14.0. The van der Waals surface area contributed by atoms with Gasteiger partial charge in [-0.05, 0) is 19.2 Å². The molecule has 2 N–H and O–H groups in total. The summed E-state index contributed by atoms with van der Waals surface area (Å²) in [7, 11) is 1.99. The monoisotopic (exact) mass is 263 g/mol. The van der Waals surface area contributed by atoms with Crippen LogP contribution < -0.4 is 5.32 Å². The fraction of sp³-hybridized carbons (Fsp3) is 0.571. The molecule has 1 aromatic rings. The van der Waals surface area contributed by atoms with Crippen LogP contribution in [0.25, 0.3) is 0 Å². The highest BCUT2D eigenvalue weighted by molar-refractivity contribution is 5.92. The Bertz CT molecular complexity index is 447. The van der Waals surface area contributed by atoms with Crippen molar-refractivity contribution in [1.29, 1.82) is 0 Å². The van der Waals surface area contributed by atoms with E-state index in [2.05, 4.69) is 15.2 Å². The van der Waals surface area contributed by atoms with E-state index < -0.39 is 6.10 Å². The van der Waals surface area contributed by atoms with E-state index in [1.165, 1.54) is 0 Å². The summed E-state index contributed by atoms with van der Waals surface area (Å²) >= 11 is 0. The molecule has 2 unspecified atom stereocenters. The van der Waals surface area contributed by atoms with Crippen LogP contribution in [-0.2, 0) is 0 Å². The number of rotatable bonds is 2. The first-order chi connectivity index (χ1) is 8.90. The van der Waals surface area contributed by atoms with E-state index in [4.69, 9.17) is 0 Å². The predicted molar refractivity (Wildman–Crippen MR) is 72.8 cm³/mol. The summed E-state index contributed by atoms with van der Waals surface area (Å²) in [6.45, 7) is 5.47. The lowest BCUT2D eigenvalue weighted by molar-refractivity contribution is -0.0397. The lowest BCUT2D eigenvalue weighted by atomic mass is 9.79. The highest BCUT2D eigenvalue weighted by atomic mass is 16.3. The average Bonchev–Trinajstić information content (AvgIpc) is 2.36. The summed E-state index contributed by atoms with van der Waals surface area (Å²) in [5.74, 6) is -0.240. The summed E-state index contributed by atoms with van der Waals surface area (Å²) in [5.41, 5.74) is 0.135. The van der Waals surface area contributed by atoms with Gasteiger partial charge in [0, 0.05) is 24.7 Å². The van der Waals surface area contributed by atoms with Crippen molar-refractivity contribution in [2.75, 3.05) is 20.1 Å². The van der Waals surface area contributed by atoms with Gasteiger partial charge in [-0.15, -0.1) is 0 Å². The molecule has 0 bridgehead atoms. The van der Waals surface area contributed by atoms with E-state index in [-0.39, 0.29) is 17.4 Å². The summed E-state index contributed by atoms with van der Waals surface area (Å²) in [6, 6.07) is 4.93. The Morgan fingerprint density at radius 1 is 1.53 bits per heavy atom. The molecule has 1 fully saturated rings. The molecular weight excluding hydrogens is 242 g/mol. The minimum absolute atomic E-state index is 0.240. The number of aliphatic hydroxyl groups excluding tert-OH is 1. The number of pyridine rings is 1. The van der Waals surface area contributed by atoms with Crippen molar-refractivity contribution in [3.8, 4) is 0 Å². The van der Waals surface area contributed by atoms with Gasteiger partial charge < -0.3 is 15.3 Å². The van der Waals surface area contributed by atoms with Crippen LogP contribution in [0.5, 0.6) is 0 Å². The van der Waals surface area contributed by atoms with Crippen LogP contribution in [0.15, 0.2) is 24.4 Å². The van der Waals surface area contributed by atoms with Crippen LogP contribution >= 0.6 is 0 Å². The molecule has 19 heavy (non-hydrogen) atoms. The molecule has 2 rings (SSSR count). The van der Waals surface area contributed by atoms with Crippen molar-refractivity contribution >= 4 is 5.91 Å². The summed E-state index contributed by atoms with van der Waals surface area (Å²) in [4.78, 5) is 18.2. The van der Waals surface area contributed by atoms with Crippen LogP contribution in [0.1, 0.15) is 24.3 Å². The fourth-order valence-electron chi connectivity index (χ4n) is 2.70. The van der Waals surface area contributed by atoms with E-state index >= 15 is 0 Å². The van der Waals surface area contributed by atoms with Gasteiger partial charge in [0.1, 0.15) is 5.69 Å². The number of piperidine rings is 1. The lowest BCUT2D eigenvalue weighted by Crippen LogP contribution is -2.61. The normalized spacial score (nSPS) is 26.9. The van der Waals surface area contributed by atoms with Gasteiger partial charge in [-0.1, -0.05) is 19.9 Å². The number of carbonyl (C=O) groups excluding carboxylic acids is 1. The van der Waals surface area contributed by atoms with Crippen LogP contribution in [0.2, 0.25) is 0 Å². The van der Waals surface area contributed by atoms with E-state index in [1.807, 2.05) is 20.9 Å². The van der Waals surface area contributed by atoms with Gasteiger partial charge in [0.2, 0.25) is 0 Å². The molecule has 0 aliphatic carbocycles. The lowest BCUT2D eigenvalue weighted by Gasteiger charge is -2.45. The maximum atomic E-state index is 12.1. The van der Waals surface area contributed by atoms with Crippen molar-refractivity contribution in [2.45, 2.75) is 26.0 Å². The molecule has 2 atom stereocenters. The van der Waals surface area contributed by atoms with Gasteiger partial charge in [-0.3, -0.25) is 9.78 Å². The highest BCUT2D eigenvalue weighted by Crippen LogP contribution is 2.28. The van der Waals surface area contributed by atoms with E-state index in [9.17, 15) is 9.90 Å². The van der Waals surface area contributed by atoms with Gasteiger partial charge >= 0.3 is 0 Å². The molecule has 1 aliphatic heterocycles. The summed E-state index contributed by atoms with van der Waals surface area (Å²) in [5, 5.41) is 13.2. The maximum absolute atomic E-state index is 12.1. The molecule has 1 aromatic heterocycles. The molecule has 104 valence electrons. The van der Waals surface area contributed by atoms with Gasteiger partial charge in [0.25, 0.3) is 5.91 Å². The van der Waals surface area contributed by atoms with Crippen molar-refractivity contribution in [3.63, 3.8) is 0 Å². The van der Waals surface area contributed by atoms with E-state index in [0.29, 0.717) is 12.2 Å². The number of hydrogen-bond donors (Lipinski definition) is 2. The quantitative estimate of drug-likeness (QED) is 0.816. The Morgan fingerprint density at radius 2 is 2.26 bits per heavy atom. The molecule has 1 saturated heterocycles. The smallest absolute Gasteiger partial charge is 0.270 e. The molecule has 1 aliphatic rings. The van der Waals surface area contributed by atoms with Crippen LogP contribution in [0.3, 0.4) is 0 Å². The van der Waals surface area contributed by atoms with Crippen LogP contribution in [0.4, 0.5) is 0 Å². The van der Waals surface area contributed by atoms with Crippen molar-refractivity contribution in [1.82, 2.24) is 15.2 Å². The molecule has 0 spiro atoms. The van der Waals surface area contributed by atoms with Crippen molar-refractivity contribution in [2.24, 2.45) is 5.41 Å². The minimum Gasteiger partial charge on any atom is -0.390 e. The van der Waals surface area contributed by atoms with E-state index in [0.717, 1.165) is 6.54 Å². The zero-order chi connectivity index (χ0) is 14.0. The number of hydrogen-bond acceptors (Lipinski definition) is 4. The second-order valence-corrected chi connectivity index (χ2v) is 5.93. The Labute approximate surface area is 113 Å². The SMILES string of the molecule is CN1CC(NC(=O)c2ccccn2)C(O)C(C)(C)C1. The third-order valence-electron chi connectivity index (χ3n) is 3.58. The number of amides is 1. The first-order valence-electron chi connectivity index (χ1n) is 6.48. The zero-order valence-corrected chi connectivity index (χ0v) is 11.6. The highest BCUT2D eigenvalue weighted by Gasteiger charge is 2.40. The maximum Gasteiger partial charge on any atom is 0.270 e. The molecule has 0 saturated carbocycles. The number of nitrogens with zero attached hydrogens (tertiary/aromatic N) is 2. The minimum atomic E-state index is -0.559. The second-order valence-electron chi connectivity index (χ2n) is 5.93. The van der Waals surface area contributed by atoms with Gasteiger partial charge in [0.15, 0.2) is 0 Å². The second kappa shape index (κ2) is 5.27. The largest absolute Gasteiger partial charge is 0.390 e. The zero-order valence-electron chi connectivity index (χ0n) is 11.6. The third kappa shape index (κ3) is 3.11. The Balaban J connectivity index is 2.08. The number of likely N-dealkylation sites (N-methyl/N-ethyl adjacent to an activating group) is 1. The first-order valence-corrected chi connectivity index (χ1v) is 6.48. The molecule has 2 heterocycles. The third-order valence-corrected chi connectivity index (χ3v) is 3.58. The topological polar surface area (TPSA) is 65.5 Å². The Kier molecular flexibility index (Phi) is 3.87. The molecule has 0 aromatic carbocycles. The van der Waals surface area contributed by atoms with Crippen molar-refractivity contribution in [3.05, 3.63) is 30.1 Å². The summed E-state index contributed by atoms with van der Waals surface area (Å²) in [6.07, 6.45) is 1.03. The number of nitrogens with one attached hydrogen (secondary N) is 1. The number of likely N-dealkylation sites (tertiary alicyclic amines) is 1. The molecule has 1 amide bonds.